The van der Waals surface area contributed by atoms with Gasteiger partial charge in [-0.05, 0) is 54.4 Å². The van der Waals surface area contributed by atoms with Crippen LogP contribution in [-0.2, 0) is 9.59 Å². The number of hydrogen-bond donors (Lipinski definition) is 1. The lowest BCUT2D eigenvalue weighted by molar-refractivity contribution is -0.132. The van der Waals surface area contributed by atoms with Gasteiger partial charge in [-0.3, -0.25) is 19.5 Å². The van der Waals surface area contributed by atoms with Crippen molar-refractivity contribution in [2.45, 2.75) is 13.0 Å². The molecular formula is C25H21ClN2O5. The van der Waals surface area contributed by atoms with E-state index >= 15 is 0 Å². The normalized spacial score (nSPS) is 17.3. The SMILES string of the molecule is COc1ccccc1N1C(=O)C(=O)/C(=C(/O)c2cc(C)cc(Cl)c2OC)C1c1ccncc1. The molecule has 1 fully saturated rings. The Balaban J connectivity index is 2.02. The summed E-state index contributed by atoms with van der Waals surface area (Å²) in [6.07, 6.45) is 3.11. The van der Waals surface area contributed by atoms with Crippen molar-refractivity contribution in [1.29, 1.82) is 0 Å². The van der Waals surface area contributed by atoms with Gasteiger partial charge in [0.15, 0.2) is 0 Å². The van der Waals surface area contributed by atoms with Crippen molar-refractivity contribution in [3.63, 3.8) is 0 Å². The molecule has 1 saturated heterocycles. The van der Waals surface area contributed by atoms with Crippen LogP contribution in [0, 0.1) is 6.92 Å². The zero-order valence-corrected chi connectivity index (χ0v) is 19.0. The number of para-hydroxylation sites is 2. The fraction of sp³-hybridized carbons (Fsp3) is 0.160. The summed E-state index contributed by atoms with van der Waals surface area (Å²) in [5, 5.41) is 11.7. The third-order valence-corrected chi connectivity index (χ3v) is 5.74. The zero-order valence-electron chi connectivity index (χ0n) is 18.2. The van der Waals surface area contributed by atoms with E-state index < -0.39 is 17.7 Å². The number of rotatable bonds is 5. The molecule has 8 heteroatoms. The zero-order chi connectivity index (χ0) is 23.7. The summed E-state index contributed by atoms with van der Waals surface area (Å²) in [4.78, 5) is 32.0. The van der Waals surface area contributed by atoms with Gasteiger partial charge in [-0.2, -0.15) is 0 Å². The molecule has 0 radical (unpaired) electrons. The number of halogens is 1. The minimum atomic E-state index is -0.923. The van der Waals surface area contributed by atoms with Crippen LogP contribution >= 0.6 is 11.6 Å². The number of benzene rings is 2. The van der Waals surface area contributed by atoms with Crippen molar-refractivity contribution in [2.75, 3.05) is 19.1 Å². The van der Waals surface area contributed by atoms with E-state index in [0.717, 1.165) is 5.56 Å². The van der Waals surface area contributed by atoms with Gasteiger partial charge >= 0.3 is 0 Å². The summed E-state index contributed by atoms with van der Waals surface area (Å²) in [6, 6.07) is 12.7. The van der Waals surface area contributed by atoms with E-state index in [1.54, 1.807) is 67.8 Å². The molecule has 168 valence electrons. The highest BCUT2D eigenvalue weighted by Gasteiger charge is 2.48. The van der Waals surface area contributed by atoms with Crippen molar-refractivity contribution in [1.82, 2.24) is 4.98 Å². The molecule has 1 aliphatic rings. The molecule has 7 nitrogen and oxygen atoms in total. The summed E-state index contributed by atoms with van der Waals surface area (Å²) in [6.45, 7) is 1.80. The van der Waals surface area contributed by atoms with E-state index in [1.807, 2.05) is 0 Å². The summed E-state index contributed by atoms with van der Waals surface area (Å²) in [5.74, 6) is -1.39. The van der Waals surface area contributed by atoms with Gasteiger partial charge in [-0.25, -0.2) is 0 Å². The molecule has 2 heterocycles. The average molecular weight is 465 g/mol. The highest BCUT2D eigenvalue weighted by molar-refractivity contribution is 6.52. The predicted molar refractivity (Wildman–Crippen MR) is 125 cm³/mol. The van der Waals surface area contributed by atoms with Crippen LogP contribution in [0.25, 0.3) is 5.76 Å². The van der Waals surface area contributed by atoms with E-state index in [4.69, 9.17) is 21.1 Å². The van der Waals surface area contributed by atoms with Crippen LogP contribution in [0.4, 0.5) is 5.69 Å². The fourth-order valence-corrected chi connectivity index (χ4v) is 4.38. The number of anilines is 1. The minimum absolute atomic E-state index is 0.0860. The fourth-order valence-electron chi connectivity index (χ4n) is 4.03. The molecular weight excluding hydrogens is 444 g/mol. The molecule has 1 aromatic heterocycles. The quantitative estimate of drug-likeness (QED) is 0.335. The number of amides is 1. The minimum Gasteiger partial charge on any atom is -0.507 e. The van der Waals surface area contributed by atoms with Crippen LogP contribution in [0.2, 0.25) is 5.02 Å². The molecule has 0 aliphatic carbocycles. The Morgan fingerprint density at radius 1 is 1.06 bits per heavy atom. The Bertz CT molecular complexity index is 1270. The van der Waals surface area contributed by atoms with E-state index in [0.29, 0.717) is 17.0 Å². The lowest BCUT2D eigenvalue weighted by Crippen LogP contribution is -2.29. The number of ketones is 1. The van der Waals surface area contributed by atoms with Gasteiger partial charge in [-0.15, -0.1) is 0 Å². The van der Waals surface area contributed by atoms with Crippen LogP contribution < -0.4 is 14.4 Å². The Morgan fingerprint density at radius 2 is 1.76 bits per heavy atom. The van der Waals surface area contributed by atoms with Gasteiger partial charge < -0.3 is 14.6 Å². The van der Waals surface area contributed by atoms with Gasteiger partial charge in [0.1, 0.15) is 17.3 Å². The number of aromatic nitrogens is 1. The summed E-state index contributed by atoms with van der Waals surface area (Å²) >= 11 is 6.32. The first-order valence-corrected chi connectivity index (χ1v) is 10.4. The van der Waals surface area contributed by atoms with Crippen LogP contribution in [0.1, 0.15) is 22.7 Å². The molecule has 1 amide bonds. The number of hydrogen-bond acceptors (Lipinski definition) is 6. The molecule has 1 aliphatic heterocycles. The standard InChI is InChI=1S/C25H21ClN2O5/c1-14-12-16(24(33-3)17(26)13-14)22(29)20-21(15-8-10-27-11-9-15)28(25(31)23(20)30)18-6-4-5-7-19(18)32-2/h4-13,21,29H,1-3H3/b22-20+. The number of nitrogens with zero attached hydrogens (tertiary/aromatic N) is 2. The van der Waals surface area contributed by atoms with Gasteiger partial charge in [-0.1, -0.05) is 23.7 Å². The van der Waals surface area contributed by atoms with Gasteiger partial charge in [0.05, 0.1) is 42.1 Å². The Hall–Kier alpha value is -3.84. The molecule has 4 rings (SSSR count). The third-order valence-electron chi connectivity index (χ3n) is 5.46. The van der Waals surface area contributed by atoms with Crippen LogP contribution in [0.15, 0.2) is 66.5 Å². The number of aliphatic hydroxyl groups is 1. The van der Waals surface area contributed by atoms with Crippen molar-refractivity contribution in [3.05, 3.63) is 88.2 Å². The number of ether oxygens (including phenoxy) is 2. The monoisotopic (exact) mass is 464 g/mol. The van der Waals surface area contributed by atoms with E-state index in [2.05, 4.69) is 4.98 Å². The summed E-state index contributed by atoms with van der Waals surface area (Å²) in [5.41, 5.74) is 1.88. The number of methoxy groups -OCH3 is 2. The maximum Gasteiger partial charge on any atom is 0.300 e. The molecule has 0 bridgehead atoms. The maximum absolute atomic E-state index is 13.3. The van der Waals surface area contributed by atoms with Crippen molar-refractivity contribution in [3.8, 4) is 11.5 Å². The lowest BCUT2D eigenvalue weighted by atomic mass is 9.95. The van der Waals surface area contributed by atoms with E-state index in [1.165, 1.54) is 19.1 Å². The molecule has 2 aromatic carbocycles. The molecule has 1 atom stereocenters. The number of pyridine rings is 1. The smallest absolute Gasteiger partial charge is 0.300 e. The second kappa shape index (κ2) is 8.96. The molecule has 1 N–H and O–H groups in total. The summed E-state index contributed by atoms with van der Waals surface area (Å²) in [7, 11) is 2.90. The third kappa shape index (κ3) is 3.81. The molecule has 3 aromatic rings. The molecule has 1 unspecified atom stereocenters. The molecule has 0 saturated carbocycles. The molecule has 33 heavy (non-hydrogen) atoms. The number of carbonyl (C=O) groups is 2. The van der Waals surface area contributed by atoms with E-state index in [9.17, 15) is 14.7 Å². The average Bonchev–Trinajstić information content (AvgIpc) is 3.09. The highest BCUT2D eigenvalue weighted by Crippen LogP contribution is 2.46. The summed E-state index contributed by atoms with van der Waals surface area (Å²) < 4.78 is 10.8. The largest absolute Gasteiger partial charge is 0.507 e. The number of aliphatic hydroxyl groups excluding tert-OH is 1. The van der Waals surface area contributed by atoms with Crippen LogP contribution in [0.3, 0.4) is 0 Å². The van der Waals surface area contributed by atoms with Crippen LogP contribution in [-0.4, -0.2) is 36.0 Å². The highest BCUT2D eigenvalue weighted by atomic mass is 35.5. The van der Waals surface area contributed by atoms with Crippen LogP contribution in [0.5, 0.6) is 11.5 Å². The van der Waals surface area contributed by atoms with Gasteiger partial charge in [0.2, 0.25) is 0 Å². The first-order chi connectivity index (χ1) is 15.9. The number of Topliss-reactive ketones (excluding diaryl/α,β-unsaturated/α-hetero) is 1. The van der Waals surface area contributed by atoms with Gasteiger partial charge in [0.25, 0.3) is 11.7 Å². The Kier molecular flexibility index (Phi) is 6.07. The number of carbonyl (C=O) groups excluding carboxylic acids is 2. The predicted octanol–water partition coefficient (Wildman–Crippen LogP) is 4.69. The Labute approximate surface area is 195 Å². The lowest BCUT2D eigenvalue weighted by Gasteiger charge is -2.26. The van der Waals surface area contributed by atoms with Crippen molar-refractivity contribution >= 4 is 34.7 Å². The Morgan fingerprint density at radius 3 is 2.42 bits per heavy atom. The van der Waals surface area contributed by atoms with Crippen molar-refractivity contribution in [2.24, 2.45) is 0 Å². The second-order valence-electron chi connectivity index (χ2n) is 7.45. The number of aryl methyl sites for hydroxylation is 1. The first-order valence-electron chi connectivity index (χ1n) is 10.1. The topological polar surface area (TPSA) is 89.0 Å². The second-order valence-corrected chi connectivity index (χ2v) is 7.86. The van der Waals surface area contributed by atoms with Crippen molar-refractivity contribution < 1.29 is 24.2 Å². The molecule has 0 spiro atoms. The maximum atomic E-state index is 13.3. The van der Waals surface area contributed by atoms with E-state index in [-0.39, 0.29) is 27.7 Å². The first kappa shape index (κ1) is 22.4. The van der Waals surface area contributed by atoms with Gasteiger partial charge in [0, 0.05) is 12.4 Å².